The molecule has 21 heavy (non-hydrogen) atoms. The Morgan fingerprint density at radius 3 is 2.10 bits per heavy atom. The van der Waals surface area contributed by atoms with Gasteiger partial charge in [-0.25, -0.2) is 4.98 Å². The van der Waals surface area contributed by atoms with Crippen LogP contribution >= 0.6 is 0 Å². The molecule has 0 saturated heterocycles. The van der Waals surface area contributed by atoms with Crippen LogP contribution in [0.3, 0.4) is 0 Å². The smallest absolute Gasteiger partial charge is 0.423 e. The van der Waals surface area contributed by atoms with Gasteiger partial charge in [0.15, 0.2) is 0 Å². The Bertz CT molecular complexity index is 822. The molecule has 0 aliphatic carbocycles. The maximum absolute atomic E-state index is 9.28. The van der Waals surface area contributed by atoms with E-state index in [4.69, 9.17) is 0 Å². The average Bonchev–Trinajstić information content (AvgIpc) is 2.42. The number of rotatable bonds is 1. The Morgan fingerprint density at radius 1 is 0.857 bits per heavy atom. The van der Waals surface area contributed by atoms with E-state index in [1.54, 1.807) is 12.1 Å². The number of pyridine rings is 1. The van der Waals surface area contributed by atoms with Gasteiger partial charge >= 0.3 is 7.12 Å². The lowest BCUT2D eigenvalue weighted by atomic mass is 9.80. The van der Waals surface area contributed by atoms with Crippen LogP contribution in [0.5, 0.6) is 0 Å². The zero-order valence-electron chi connectivity index (χ0n) is 12.5. The fourth-order valence-electron chi connectivity index (χ4n) is 2.47. The minimum absolute atomic E-state index is 0.0773. The molecule has 2 aromatic carbocycles. The van der Waals surface area contributed by atoms with Gasteiger partial charge in [0.2, 0.25) is 0 Å². The highest BCUT2D eigenvalue weighted by Gasteiger charge is 2.15. The Kier molecular flexibility index (Phi) is 3.23. The normalized spacial score (nSPS) is 12.0. The van der Waals surface area contributed by atoms with Crippen molar-refractivity contribution in [3.8, 4) is 0 Å². The second kappa shape index (κ2) is 4.83. The Labute approximate surface area is 124 Å². The predicted octanol–water partition coefficient (Wildman–Crippen LogP) is 2.37. The minimum atomic E-state index is -1.46. The van der Waals surface area contributed by atoms with E-state index in [0.717, 1.165) is 21.8 Å². The lowest BCUT2D eigenvalue weighted by molar-refractivity contribution is 0.426. The van der Waals surface area contributed by atoms with Crippen molar-refractivity contribution in [1.82, 2.24) is 4.98 Å². The first-order valence-corrected chi connectivity index (χ1v) is 7.06. The maximum atomic E-state index is 9.28. The Morgan fingerprint density at radius 2 is 1.48 bits per heavy atom. The van der Waals surface area contributed by atoms with Crippen LogP contribution in [-0.2, 0) is 5.41 Å². The van der Waals surface area contributed by atoms with E-state index in [1.807, 2.05) is 6.07 Å². The first-order valence-electron chi connectivity index (χ1n) is 7.06. The maximum Gasteiger partial charge on any atom is 0.488 e. The molecule has 2 N–H and O–H groups in total. The van der Waals surface area contributed by atoms with Crippen LogP contribution in [0.4, 0.5) is 0 Å². The van der Waals surface area contributed by atoms with Crippen LogP contribution in [0.2, 0.25) is 0 Å². The third-order valence-electron chi connectivity index (χ3n) is 3.80. The summed E-state index contributed by atoms with van der Waals surface area (Å²) >= 11 is 0. The van der Waals surface area contributed by atoms with Gasteiger partial charge in [0.25, 0.3) is 0 Å². The summed E-state index contributed by atoms with van der Waals surface area (Å²) in [7, 11) is -1.46. The van der Waals surface area contributed by atoms with E-state index in [0.29, 0.717) is 5.46 Å². The van der Waals surface area contributed by atoms with Crippen LogP contribution < -0.4 is 5.46 Å². The van der Waals surface area contributed by atoms with Crippen molar-refractivity contribution in [2.45, 2.75) is 26.2 Å². The summed E-state index contributed by atoms with van der Waals surface area (Å²) in [6.07, 6.45) is 0. The first kappa shape index (κ1) is 14.0. The van der Waals surface area contributed by atoms with E-state index in [1.165, 1.54) is 5.56 Å². The van der Waals surface area contributed by atoms with Crippen molar-refractivity contribution in [2.75, 3.05) is 0 Å². The van der Waals surface area contributed by atoms with Gasteiger partial charge in [-0.3, -0.25) is 0 Å². The third kappa shape index (κ3) is 2.65. The summed E-state index contributed by atoms with van der Waals surface area (Å²) in [5.74, 6) is 0. The number of fused-ring (bicyclic) bond motifs is 2. The van der Waals surface area contributed by atoms with Gasteiger partial charge in [-0.1, -0.05) is 45.0 Å². The van der Waals surface area contributed by atoms with E-state index >= 15 is 0 Å². The largest absolute Gasteiger partial charge is 0.488 e. The van der Waals surface area contributed by atoms with Crippen LogP contribution in [-0.4, -0.2) is 22.2 Å². The zero-order chi connectivity index (χ0) is 15.2. The fourth-order valence-corrected chi connectivity index (χ4v) is 2.47. The van der Waals surface area contributed by atoms with Crippen molar-refractivity contribution < 1.29 is 10.0 Å². The highest BCUT2D eigenvalue weighted by atomic mass is 16.4. The summed E-state index contributed by atoms with van der Waals surface area (Å²) in [5, 5.41) is 20.6. The molecule has 0 aliphatic rings. The number of aromatic nitrogens is 1. The van der Waals surface area contributed by atoms with Crippen LogP contribution in [0.25, 0.3) is 21.8 Å². The lowest BCUT2D eigenvalue weighted by Crippen LogP contribution is -2.29. The molecular formula is C17H18BNO2. The molecule has 0 amide bonds. The number of hydrogen-bond donors (Lipinski definition) is 2. The van der Waals surface area contributed by atoms with Crippen molar-refractivity contribution in [2.24, 2.45) is 0 Å². The SMILES string of the molecule is CC(C)(C)c1ccc2cc3ccc(B(O)O)cc3nc2c1. The van der Waals surface area contributed by atoms with E-state index in [-0.39, 0.29) is 5.41 Å². The molecular weight excluding hydrogens is 261 g/mol. The predicted molar refractivity (Wildman–Crippen MR) is 87.8 cm³/mol. The Hall–Kier alpha value is -1.91. The van der Waals surface area contributed by atoms with Crippen molar-refractivity contribution in [1.29, 1.82) is 0 Å². The standard InChI is InChI=1S/C17H18BNO2/c1-17(2,3)13-6-4-11-8-12-5-7-14(18(20)21)10-16(12)19-15(11)9-13/h4-10,20-21H,1-3H3. The molecule has 0 fully saturated rings. The Balaban J connectivity index is 2.24. The molecule has 0 radical (unpaired) electrons. The van der Waals surface area contributed by atoms with Crippen LogP contribution in [0.1, 0.15) is 26.3 Å². The highest BCUT2D eigenvalue weighted by Crippen LogP contribution is 2.26. The zero-order valence-corrected chi connectivity index (χ0v) is 12.5. The number of benzene rings is 2. The average molecular weight is 279 g/mol. The van der Waals surface area contributed by atoms with Gasteiger partial charge in [-0.2, -0.15) is 0 Å². The molecule has 0 atom stereocenters. The third-order valence-corrected chi connectivity index (χ3v) is 3.80. The van der Waals surface area contributed by atoms with Crippen LogP contribution in [0.15, 0.2) is 42.5 Å². The van der Waals surface area contributed by atoms with Gasteiger partial charge in [-0.05, 0) is 34.6 Å². The van der Waals surface area contributed by atoms with Gasteiger partial charge in [0.1, 0.15) is 0 Å². The number of nitrogens with zero attached hydrogens (tertiary/aromatic N) is 1. The summed E-state index contributed by atoms with van der Waals surface area (Å²) in [4.78, 5) is 4.67. The van der Waals surface area contributed by atoms with Gasteiger partial charge < -0.3 is 10.0 Å². The number of hydrogen-bond acceptors (Lipinski definition) is 3. The van der Waals surface area contributed by atoms with Gasteiger partial charge in [-0.15, -0.1) is 0 Å². The summed E-state index contributed by atoms with van der Waals surface area (Å²) < 4.78 is 0. The highest BCUT2D eigenvalue weighted by molar-refractivity contribution is 6.58. The molecule has 1 heterocycles. The van der Waals surface area contributed by atoms with E-state index in [2.05, 4.69) is 50.0 Å². The van der Waals surface area contributed by atoms with Crippen LogP contribution in [0, 0.1) is 0 Å². The molecule has 3 rings (SSSR count). The summed E-state index contributed by atoms with van der Waals surface area (Å²) in [6.45, 7) is 6.53. The minimum Gasteiger partial charge on any atom is -0.423 e. The quantitative estimate of drug-likeness (QED) is 0.531. The summed E-state index contributed by atoms with van der Waals surface area (Å²) in [6, 6.07) is 13.7. The fraction of sp³-hybridized carbons (Fsp3) is 0.235. The molecule has 0 aliphatic heterocycles. The first-order chi connectivity index (χ1) is 9.84. The molecule has 106 valence electrons. The van der Waals surface area contributed by atoms with Gasteiger partial charge in [0.05, 0.1) is 11.0 Å². The van der Waals surface area contributed by atoms with Crippen molar-refractivity contribution >= 4 is 34.4 Å². The van der Waals surface area contributed by atoms with Crippen molar-refractivity contribution in [3.05, 3.63) is 48.0 Å². The second-order valence-corrected chi connectivity index (χ2v) is 6.47. The molecule has 3 aromatic rings. The molecule has 0 saturated carbocycles. The molecule has 0 unspecified atom stereocenters. The molecule has 3 nitrogen and oxygen atoms in total. The van der Waals surface area contributed by atoms with Gasteiger partial charge in [0, 0.05) is 10.8 Å². The van der Waals surface area contributed by atoms with Crippen molar-refractivity contribution in [3.63, 3.8) is 0 Å². The topological polar surface area (TPSA) is 53.4 Å². The monoisotopic (exact) mass is 279 g/mol. The lowest BCUT2D eigenvalue weighted by Gasteiger charge is -2.19. The molecule has 4 heteroatoms. The molecule has 1 aromatic heterocycles. The second-order valence-electron chi connectivity index (χ2n) is 6.47. The summed E-state index contributed by atoms with van der Waals surface area (Å²) in [5.41, 5.74) is 3.48. The molecule has 0 bridgehead atoms. The van der Waals surface area contributed by atoms with E-state index < -0.39 is 7.12 Å². The molecule has 0 spiro atoms. The van der Waals surface area contributed by atoms with E-state index in [9.17, 15) is 10.0 Å².